The largest absolute Gasteiger partial charge is 0.444 e. The Morgan fingerprint density at radius 1 is 0.879 bits per heavy atom. The van der Waals surface area contributed by atoms with Crippen LogP contribution in [-0.2, 0) is 18.7 Å². The fourth-order valence-corrected chi connectivity index (χ4v) is 5.33. The maximum atomic E-state index is 13.1. The maximum absolute atomic E-state index is 13.1. The van der Waals surface area contributed by atoms with Gasteiger partial charge in [0, 0.05) is 31.5 Å². The van der Waals surface area contributed by atoms with Crippen LogP contribution in [0.3, 0.4) is 0 Å². The summed E-state index contributed by atoms with van der Waals surface area (Å²) < 4.78 is 17.7. The van der Waals surface area contributed by atoms with Crippen molar-refractivity contribution >= 4 is 26.4 Å². The highest BCUT2D eigenvalue weighted by atomic mass is 28.4. The average Bonchev–Trinajstić information content (AvgIpc) is 3.13. The molecule has 8 nitrogen and oxygen atoms in total. The van der Waals surface area contributed by atoms with Gasteiger partial charge in [-0.1, -0.05) is 20.8 Å². The second-order valence-electron chi connectivity index (χ2n) is 12.9. The number of ether oxygens (including phenoxy) is 2. The van der Waals surface area contributed by atoms with Gasteiger partial charge in [0.05, 0.1) is 6.10 Å². The molecule has 0 aromatic carbocycles. The van der Waals surface area contributed by atoms with Gasteiger partial charge in [-0.05, 0) is 66.1 Å². The quantitative estimate of drug-likeness (QED) is 0.514. The summed E-state index contributed by atoms with van der Waals surface area (Å²) >= 11 is 0. The topological polar surface area (TPSA) is 85.4 Å². The Morgan fingerprint density at radius 2 is 1.39 bits per heavy atom. The van der Waals surface area contributed by atoms with E-state index >= 15 is 0 Å². The van der Waals surface area contributed by atoms with Gasteiger partial charge in [-0.25, -0.2) is 14.5 Å². The average molecular weight is 485 g/mol. The first-order valence-corrected chi connectivity index (χ1v) is 14.8. The van der Waals surface area contributed by atoms with Crippen molar-refractivity contribution in [1.29, 1.82) is 0 Å². The molecule has 0 aromatic heterocycles. The predicted octanol–water partition coefficient (Wildman–Crippen LogP) is 5.17. The van der Waals surface area contributed by atoms with Crippen molar-refractivity contribution in [2.75, 3.05) is 13.1 Å². The lowest BCUT2D eigenvalue weighted by Crippen LogP contribution is -2.45. The zero-order valence-corrected chi connectivity index (χ0v) is 23.4. The summed E-state index contributed by atoms with van der Waals surface area (Å²) in [5.74, 6) is -0.460. The molecular weight excluding hydrogens is 440 g/mol. The molecule has 2 aliphatic rings. The van der Waals surface area contributed by atoms with Crippen LogP contribution in [-0.4, -0.2) is 72.6 Å². The SMILES string of the molecule is CC(C)(C)OC(=O)N1CC(C2CC(O[Si](C)(C)C(C)(C)C)CN2C(=O)OC(C)(C)C)CC1=O. The fraction of sp³-hybridized carbons (Fsp3) is 0.875. The molecule has 3 unspecified atom stereocenters. The minimum Gasteiger partial charge on any atom is -0.444 e. The third kappa shape index (κ3) is 7.18. The molecule has 2 heterocycles. The summed E-state index contributed by atoms with van der Waals surface area (Å²) in [4.78, 5) is 41.2. The molecule has 9 heteroatoms. The highest BCUT2D eigenvalue weighted by Gasteiger charge is 2.49. The van der Waals surface area contributed by atoms with Gasteiger partial charge in [0.2, 0.25) is 5.91 Å². The van der Waals surface area contributed by atoms with Crippen LogP contribution in [0.5, 0.6) is 0 Å². The maximum Gasteiger partial charge on any atom is 0.417 e. The van der Waals surface area contributed by atoms with Gasteiger partial charge in [-0.15, -0.1) is 0 Å². The smallest absolute Gasteiger partial charge is 0.417 e. The number of carbonyl (C=O) groups is 3. The standard InChI is InChI=1S/C24H44N2O6Si/c1-22(2,3)30-20(28)25-15-17(32-33(10,11)24(7,8)9)13-18(25)16-12-19(27)26(14-16)21(29)31-23(4,5)6/h16-18H,12-15H2,1-11H3. The van der Waals surface area contributed by atoms with E-state index < -0.39 is 31.7 Å². The van der Waals surface area contributed by atoms with Crippen molar-refractivity contribution in [2.45, 2.75) is 117 Å². The first-order valence-electron chi connectivity index (χ1n) is 11.9. The van der Waals surface area contributed by atoms with E-state index in [1.165, 1.54) is 4.90 Å². The molecule has 0 N–H and O–H groups in total. The van der Waals surface area contributed by atoms with Gasteiger partial charge in [0.25, 0.3) is 0 Å². The van der Waals surface area contributed by atoms with E-state index in [1.54, 1.807) is 25.7 Å². The number of hydrogen-bond donors (Lipinski definition) is 0. The monoisotopic (exact) mass is 484 g/mol. The van der Waals surface area contributed by atoms with Gasteiger partial charge in [0.1, 0.15) is 11.2 Å². The number of nitrogens with zero attached hydrogens (tertiary/aromatic N) is 2. The highest BCUT2D eigenvalue weighted by Crippen LogP contribution is 2.40. The van der Waals surface area contributed by atoms with Crippen molar-refractivity contribution in [3.8, 4) is 0 Å². The van der Waals surface area contributed by atoms with Crippen molar-refractivity contribution in [2.24, 2.45) is 5.92 Å². The summed E-state index contributed by atoms with van der Waals surface area (Å²) in [5, 5.41) is 0.0403. The van der Waals surface area contributed by atoms with Crippen molar-refractivity contribution < 1.29 is 28.3 Å². The number of hydrogen-bond acceptors (Lipinski definition) is 6. The van der Waals surface area contributed by atoms with Gasteiger partial charge < -0.3 is 18.8 Å². The van der Waals surface area contributed by atoms with Crippen LogP contribution in [0.25, 0.3) is 0 Å². The molecule has 0 aliphatic carbocycles. The molecule has 2 fully saturated rings. The number of rotatable bonds is 3. The number of amides is 3. The lowest BCUT2D eigenvalue weighted by atomic mass is 9.96. The van der Waals surface area contributed by atoms with Crippen molar-refractivity contribution in [3.05, 3.63) is 0 Å². The van der Waals surface area contributed by atoms with E-state index in [1.807, 2.05) is 20.8 Å². The number of carbonyl (C=O) groups excluding carboxylic acids is 3. The van der Waals surface area contributed by atoms with Gasteiger partial charge in [0.15, 0.2) is 8.32 Å². The molecule has 33 heavy (non-hydrogen) atoms. The third-order valence-corrected chi connectivity index (χ3v) is 11.0. The van der Waals surface area contributed by atoms with E-state index in [9.17, 15) is 14.4 Å². The molecular formula is C24H44N2O6Si. The van der Waals surface area contributed by atoms with Crippen LogP contribution >= 0.6 is 0 Å². The van der Waals surface area contributed by atoms with Crippen molar-refractivity contribution in [3.63, 3.8) is 0 Å². The molecule has 2 saturated heterocycles. The van der Waals surface area contributed by atoms with E-state index in [-0.39, 0.29) is 42.0 Å². The lowest BCUT2D eigenvalue weighted by molar-refractivity contribution is -0.127. The van der Waals surface area contributed by atoms with Crippen LogP contribution in [0, 0.1) is 5.92 Å². The summed E-state index contributed by atoms with van der Waals surface area (Å²) in [6.07, 6.45) is -0.362. The molecule has 0 radical (unpaired) electrons. The lowest BCUT2D eigenvalue weighted by Gasteiger charge is -2.38. The third-order valence-electron chi connectivity index (χ3n) is 6.51. The number of likely N-dealkylation sites (tertiary alicyclic amines) is 2. The predicted molar refractivity (Wildman–Crippen MR) is 129 cm³/mol. The van der Waals surface area contributed by atoms with Crippen LogP contribution < -0.4 is 0 Å². The Kier molecular flexibility index (Phi) is 7.71. The zero-order valence-electron chi connectivity index (χ0n) is 22.4. The summed E-state index contributed by atoms with van der Waals surface area (Å²) in [6, 6.07) is -0.244. The van der Waals surface area contributed by atoms with E-state index in [4.69, 9.17) is 13.9 Å². The Labute approximate surface area is 200 Å². The van der Waals surface area contributed by atoms with Crippen LogP contribution in [0.1, 0.15) is 75.2 Å². The Balaban J connectivity index is 2.23. The highest BCUT2D eigenvalue weighted by molar-refractivity contribution is 6.74. The minimum absolute atomic E-state index is 0.0403. The molecule has 0 saturated carbocycles. The minimum atomic E-state index is -2.05. The Hall–Kier alpha value is -1.61. The van der Waals surface area contributed by atoms with Crippen LogP contribution in [0.15, 0.2) is 0 Å². The first-order chi connectivity index (χ1) is 14.7. The molecule has 2 aliphatic heterocycles. The van der Waals surface area contributed by atoms with Crippen LogP contribution in [0.2, 0.25) is 18.1 Å². The molecule has 2 rings (SSSR count). The van der Waals surface area contributed by atoms with Gasteiger partial charge in [-0.3, -0.25) is 4.79 Å². The Morgan fingerprint density at radius 3 is 1.88 bits per heavy atom. The zero-order chi connectivity index (χ0) is 25.6. The van der Waals surface area contributed by atoms with Crippen LogP contribution in [0.4, 0.5) is 9.59 Å². The van der Waals surface area contributed by atoms with E-state index in [2.05, 4.69) is 33.9 Å². The second-order valence-corrected chi connectivity index (χ2v) is 17.6. The van der Waals surface area contributed by atoms with E-state index in [0.29, 0.717) is 13.0 Å². The molecule has 3 atom stereocenters. The molecule has 3 amide bonds. The normalized spacial score (nSPS) is 24.9. The molecule has 0 bridgehead atoms. The summed E-state index contributed by atoms with van der Waals surface area (Å²) in [5.41, 5.74) is -1.32. The molecule has 0 aromatic rings. The fourth-order valence-electron chi connectivity index (χ4n) is 3.97. The molecule has 190 valence electrons. The van der Waals surface area contributed by atoms with E-state index in [0.717, 1.165) is 0 Å². The first kappa shape index (κ1) is 27.6. The molecule has 0 spiro atoms. The van der Waals surface area contributed by atoms with Crippen molar-refractivity contribution in [1.82, 2.24) is 9.80 Å². The Bertz CT molecular complexity index is 762. The van der Waals surface area contributed by atoms with Gasteiger partial charge in [-0.2, -0.15) is 0 Å². The summed E-state index contributed by atoms with van der Waals surface area (Å²) in [7, 11) is -2.05. The second kappa shape index (κ2) is 9.21. The number of imide groups is 1. The summed E-state index contributed by atoms with van der Waals surface area (Å²) in [6.45, 7) is 22.4. The van der Waals surface area contributed by atoms with Gasteiger partial charge >= 0.3 is 12.2 Å².